The molecule has 1 aliphatic heterocycles. The van der Waals surface area contributed by atoms with E-state index in [4.69, 9.17) is 10.5 Å². The molecule has 4 nitrogen and oxygen atoms in total. The van der Waals surface area contributed by atoms with Crippen molar-refractivity contribution in [2.24, 2.45) is 5.73 Å². The molecule has 0 aromatic heterocycles. The van der Waals surface area contributed by atoms with Crippen LogP contribution in [0.3, 0.4) is 0 Å². The molecule has 1 fully saturated rings. The molecule has 0 amide bonds. The maximum absolute atomic E-state index is 5.76. The second kappa shape index (κ2) is 9.77. The SMILES string of the molecule is NCCCCCN1CCN(CCOc2ccccc2)CC1. The summed E-state index contributed by atoms with van der Waals surface area (Å²) < 4.78 is 5.76. The topological polar surface area (TPSA) is 41.7 Å². The van der Waals surface area contributed by atoms with Crippen LogP contribution in [0.15, 0.2) is 30.3 Å². The first-order chi connectivity index (χ1) is 10.4. The summed E-state index contributed by atoms with van der Waals surface area (Å²) in [5, 5.41) is 0. The number of unbranched alkanes of at least 4 members (excludes halogenated alkanes) is 2. The van der Waals surface area contributed by atoms with E-state index in [1.807, 2.05) is 30.3 Å². The molecule has 0 aliphatic carbocycles. The number of nitrogens with two attached hydrogens (primary N) is 1. The third-order valence-corrected chi connectivity index (χ3v) is 4.06. The standard InChI is InChI=1S/C17H29N3O/c18-9-5-2-6-10-19-11-13-20(14-12-19)15-16-21-17-7-3-1-4-8-17/h1,3-4,7-8H,2,5-6,9-16,18H2. The zero-order valence-electron chi connectivity index (χ0n) is 13.0. The number of ether oxygens (including phenoxy) is 1. The second-order valence-corrected chi connectivity index (χ2v) is 5.69. The van der Waals surface area contributed by atoms with Gasteiger partial charge in [-0.3, -0.25) is 4.90 Å². The Kier molecular flexibility index (Phi) is 7.57. The van der Waals surface area contributed by atoms with E-state index in [0.717, 1.165) is 45.0 Å². The normalized spacial score (nSPS) is 17.0. The van der Waals surface area contributed by atoms with Crippen molar-refractivity contribution >= 4 is 0 Å². The number of para-hydroxylation sites is 1. The molecular weight excluding hydrogens is 262 g/mol. The predicted molar refractivity (Wildman–Crippen MR) is 87.7 cm³/mol. The van der Waals surface area contributed by atoms with Gasteiger partial charge in [-0.15, -0.1) is 0 Å². The Morgan fingerprint density at radius 2 is 1.52 bits per heavy atom. The average molecular weight is 291 g/mol. The third-order valence-electron chi connectivity index (χ3n) is 4.06. The van der Waals surface area contributed by atoms with Gasteiger partial charge >= 0.3 is 0 Å². The average Bonchev–Trinajstić information content (AvgIpc) is 2.54. The third kappa shape index (κ3) is 6.46. The first-order valence-electron chi connectivity index (χ1n) is 8.21. The van der Waals surface area contributed by atoms with Crippen molar-refractivity contribution in [2.45, 2.75) is 19.3 Å². The Balaban J connectivity index is 1.53. The monoisotopic (exact) mass is 291 g/mol. The van der Waals surface area contributed by atoms with Crippen LogP contribution >= 0.6 is 0 Å². The van der Waals surface area contributed by atoms with E-state index in [1.54, 1.807) is 0 Å². The summed E-state index contributed by atoms with van der Waals surface area (Å²) in [6.45, 7) is 8.56. The highest BCUT2D eigenvalue weighted by atomic mass is 16.5. The molecule has 0 bridgehead atoms. The Morgan fingerprint density at radius 1 is 0.857 bits per heavy atom. The minimum absolute atomic E-state index is 0.778. The molecular formula is C17H29N3O. The number of nitrogens with zero attached hydrogens (tertiary/aromatic N) is 2. The van der Waals surface area contributed by atoms with E-state index < -0.39 is 0 Å². The highest BCUT2D eigenvalue weighted by Crippen LogP contribution is 2.09. The lowest BCUT2D eigenvalue weighted by Crippen LogP contribution is -2.47. The van der Waals surface area contributed by atoms with Gasteiger partial charge in [0.15, 0.2) is 0 Å². The van der Waals surface area contributed by atoms with Gasteiger partial charge in [-0.05, 0) is 38.1 Å². The first-order valence-corrected chi connectivity index (χ1v) is 8.21. The highest BCUT2D eigenvalue weighted by molar-refractivity contribution is 5.20. The molecule has 118 valence electrons. The zero-order chi connectivity index (χ0) is 14.8. The summed E-state index contributed by atoms with van der Waals surface area (Å²) in [5.41, 5.74) is 5.52. The van der Waals surface area contributed by atoms with Crippen molar-refractivity contribution in [3.05, 3.63) is 30.3 Å². The van der Waals surface area contributed by atoms with Crippen LogP contribution in [0.1, 0.15) is 19.3 Å². The van der Waals surface area contributed by atoms with Gasteiger partial charge in [-0.2, -0.15) is 0 Å². The molecule has 0 atom stereocenters. The van der Waals surface area contributed by atoms with Gasteiger partial charge in [-0.25, -0.2) is 0 Å². The van der Waals surface area contributed by atoms with Crippen molar-refractivity contribution in [1.29, 1.82) is 0 Å². The second-order valence-electron chi connectivity index (χ2n) is 5.69. The van der Waals surface area contributed by atoms with Gasteiger partial charge in [0.2, 0.25) is 0 Å². The van der Waals surface area contributed by atoms with E-state index in [-0.39, 0.29) is 0 Å². The number of rotatable bonds is 9. The molecule has 0 saturated carbocycles. The lowest BCUT2D eigenvalue weighted by molar-refractivity contribution is 0.115. The van der Waals surface area contributed by atoms with Gasteiger partial charge in [0.25, 0.3) is 0 Å². The number of piperazine rings is 1. The number of hydrogen-bond donors (Lipinski definition) is 1. The molecule has 21 heavy (non-hydrogen) atoms. The van der Waals surface area contributed by atoms with Gasteiger partial charge < -0.3 is 15.4 Å². The minimum Gasteiger partial charge on any atom is -0.492 e. The maximum atomic E-state index is 5.76. The summed E-state index contributed by atoms with van der Waals surface area (Å²) in [6, 6.07) is 10.1. The number of benzene rings is 1. The largest absolute Gasteiger partial charge is 0.492 e. The van der Waals surface area contributed by atoms with E-state index in [0.29, 0.717) is 0 Å². The van der Waals surface area contributed by atoms with Crippen molar-refractivity contribution in [1.82, 2.24) is 9.80 Å². The van der Waals surface area contributed by atoms with E-state index in [2.05, 4.69) is 9.80 Å². The molecule has 1 aliphatic rings. The molecule has 2 rings (SSSR count). The Labute approximate surface area is 128 Å². The molecule has 0 spiro atoms. The first kappa shape index (κ1) is 16.3. The molecule has 0 unspecified atom stereocenters. The van der Waals surface area contributed by atoms with Crippen LogP contribution in [0.25, 0.3) is 0 Å². The smallest absolute Gasteiger partial charge is 0.119 e. The van der Waals surface area contributed by atoms with Crippen molar-refractivity contribution in [2.75, 3.05) is 52.4 Å². The lowest BCUT2D eigenvalue weighted by Gasteiger charge is -2.34. The highest BCUT2D eigenvalue weighted by Gasteiger charge is 2.15. The minimum atomic E-state index is 0.778. The Hall–Kier alpha value is -1.10. The van der Waals surface area contributed by atoms with Gasteiger partial charge in [0.05, 0.1) is 0 Å². The van der Waals surface area contributed by atoms with Crippen molar-refractivity contribution in [3.63, 3.8) is 0 Å². The molecule has 1 heterocycles. The van der Waals surface area contributed by atoms with Crippen LogP contribution in [0.2, 0.25) is 0 Å². The maximum Gasteiger partial charge on any atom is 0.119 e. The summed E-state index contributed by atoms with van der Waals surface area (Å²) >= 11 is 0. The zero-order valence-corrected chi connectivity index (χ0v) is 13.0. The molecule has 4 heteroatoms. The summed E-state index contributed by atoms with van der Waals surface area (Å²) in [6.07, 6.45) is 3.72. The summed E-state index contributed by atoms with van der Waals surface area (Å²) in [5.74, 6) is 0.969. The van der Waals surface area contributed by atoms with Gasteiger partial charge in [0, 0.05) is 32.7 Å². The van der Waals surface area contributed by atoms with Crippen LogP contribution in [0.4, 0.5) is 0 Å². The van der Waals surface area contributed by atoms with Crippen LogP contribution in [0, 0.1) is 0 Å². The van der Waals surface area contributed by atoms with Gasteiger partial charge in [0.1, 0.15) is 12.4 Å². The predicted octanol–water partition coefficient (Wildman–Crippen LogP) is 1.81. The molecule has 0 radical (unpaired) electrons. The molecule has 2 N–H and O–H groups in total. The molecule has 1 saturated heterocycles. The fourth-order valence-electron chi connectivity index (χ4n) is 2.70. The quantitative estimate of drug-likeness (QED) is 0.705. The fraction of sp³-hybridized carbons (Fsp3) is 0.647. The molecule has 1 aromatic rings. The van der Waals surface area contributed by atoms with Gasteiger partial charge in [-0.1, -0.05) is 24.6 Å². The van der Waals surface area contributed by atoms with Crippen LogP contribution in [0.5, 0.6) is 5.75 Å². The van der Waals surface area contributed by atoms with E-state index >= 15 is 0 Å². The van der Waals surface area contributed by atoms with Crippen molar-refractivity contribution < 1.29 is 4.74 Å². The summed E-state index contributed by atoms with van der Waals surface area (Å²) in [7, 11) is 0. The van der Waals surface area contributed by atoms with Crippen molar-refractivity contribution in [3.8, 4) is 5.75 Å². The van der Waals surface area contributed by atoms with E-state index in [9.17, 15) is 0 Å². The number of hydrogen-bond acceptors (Lipinski definition) is 4. The Morgan fingerprint density at radius 3 is 2.19 bits per heavy atom. The Bertz CT molecular complexity index is 364. The summed E-state index contributed by atoms with van der Waals surface area (Å²) in [4.78, 5) is 5.07. The van der Waals surface area contributed by atoms with Crippen LogP contribution < -0.4 is 10.5 Å². The molecule has 1 aromatic carbocycles. The fourth-order valence-corrected chi connectivity index (χ4v) is 2.70. The van der Waals surface area contributed by atoms with Crippen LogP contribution in [-0.2, 0) is 0 Å². The lowest BCUT2D eigenvalue weighted by atomic mass is 10.2. The van der Waals surface area contributed by atoms with E-state index in [1.165, 1.54) is 32.5 Å². The van der Waals surface area contributed by atoms with Crippen LogP contribution in [-0.4, -0.2) is 62.2 Å².